The quantitative estimate of drug-likeness (QED) is 0.468. The highest BCUT2D eigenvalue weighted by Gasteiger charge is 2.11. The summed E-state index contributed by atoms with van der Waals surface area (Å²) in [5.41, 5.74) is 0. The zero-order chi connectivity index (χ0) is 12.9. The third-order valence-corrected chi connectivity index (χ3v) is 3.96. The zero-order valence-electron chi connectivity index (χ0n) is 12.4. The molecule has 0 saturated heterocycles. The van der Waals surface area contributed by atoms with Gasteiger partial charge >= 0.3 is 0 Å². The molecule has 0 spiro atoms. The predicted molar refractivity (Wildman–Crippen MR) is 79.0 cm³/mol. The van der Waals surface area contributed by atoms with Crippen LogP contribution < -0.4 is 5.32 Å². The van der Waals surface area contributed by atoms with Crippen LogP contribution in [0.25, 0.3) is 0 Å². The standard InChI is InChI=1S/C16H33NO/c1-2-3-4-9-12-17-13-14-18-15-16-10-7-5-6-8-11-16/h16-17H,2-15H2,1H3. The maximum atomic E-state index is 5.79. The van der Waals surface area contributed by atoms with Crippen LogP contribution in [-0.2, 0) is 4.74 Å². The van der Waals surface area contributed by atoms with Crippen molar-refractivity contribution in [2.75, 3.05) is 26.3 Å². The van der Waals surface area contributed by atoms with Crippen LogP contribution in [0.15, 0.2) is 0 Å². The van der Waals surface area contributed by atoms with Crippen molar-refractivity contribution in [1.29, 1.82) is 0 Å². The highest BCUT2D eigenvalue weighted by atomic mass is 16.5. The summed E-state index contributed by atoms with van der Waals surface area (Å²) in [5, 5.41) is 3.47. The van der Waals surface area contributed by atoms with Crippen molar-refractivity contribution >= 4 is 0 Å². The second-order valence-corrected chi connectivity index (χ2v) is 5.74. The largest absolute Gasteiger partial charge is 0.380 e. The van der Waals surface area contributed by atoms with Crippen LogP contribution in [0.5, 0.6) is 0 Å². The number of hydrogen-bond donors (Lipinski definition) is 1. The van der Waals surface area contributed by atoms with Gasteiger partial charge in [0.2, 0.25) is 0 Å². The molecule has 18 heavy (non-hydrogen) atoms. The molecular formula is C16H33NO. The molecular weight excluding hydrogens is 222 g/mol. The summed E-state index contributed by atoms with van der Waals surface area (Å²) < 4.78 is 5.79. The van der Waals surface area contributed by atoms with Gasteiger partial charge in [-0.2, -0.15) is 0 Å². The summed E-state index contributed by atoms with van der Waals surface area (Å²) in [6.07, 6.45) is 13.9. The molecule has 0 heterocycles. The molecule has 1 N–H and O–H groups in total. The van der Waals surface area contributed by atoms with Crippen LogP contribution in [-0.4, -0.2) is 26.3 Å². The summed E-state index contributed by atoms with van der Waals surface area (Å²) in [7, 11) is 0. The van der Waals surface area contributed by atoms with Crippen LogP contribution in [0.2, 0.25) is 0 Å². The molecule has 1 fully saturated rings. The van der Waals surface area contributed by atoms with E-state index in [2.05, 4.69) is 12.2 Å². The molecule has 0 atom stereocenters. The SMILES string of the molecule is CCCCCCNCCOCC1CCCCCC1. The maximum absolute atomic E-state index is 5.79. The second-order valence-electron chi connectivity index (χ2n) is 5.74. The molecule has 1 aliphatic rings. The lowest BCUT2D eigenvalue weighted by molar-refractivity contribution is 0.0956. The van der Waals surface area contributed by atoms with Crippen molar-refractivity contribution in [3.63, 3.8) is 0 Å². The van der Waals surface area contributed by atoms with E-state index >= 15 is 0 Å². The summed E-state index contributed by atoms with van der Waals surface area (Å²) in [5.74, 6) is 0.844. The van der Waals surface area contributed by atoms with Crippen LogP contribution in [0.4, 0.5) is 0 Å². The number of hydrogen-bond acceptors (Lipinski definition) is 2. The molecule has 0 aromatic carbocycles. The van der Waals surface area contributed by atoms with E-state index in [1.807, 2.05) is 0 Å². The van der Waals surface area contributed by atoms with Gasteiger partial charge in [0.15, 0.2) is 0 Å². The Morgan fingerprint density at radius 3 is 2.44 bits per heavy atom. The van der Waals surface area contributed by atoms with Crippen molar-refractivity contribution < 1.29 is 4.74 Å². The lowest BCUT2D eigenvalue weighted by Crippen LogP contribution is -2.22. The minimum absolute atomic E-state index is 0.844. The van der Waals surface area contributed by atoms with Crippen LogP contribution in [0.1, 0.15) is 71.1 Å². The highest BCUT2D eigenvalue weighted by molar-refractivity contribution is 4.63. The Hall–Kier alpha value is -0.0800. The number of nitrogens with one attached hydrogen (secondary N) is 1. The number of ether oxygens (including phenoxy) is 1. The Bertz CT molecular complexity index is 164. The fraction of sp³-hybridized carbons (Fsp3) is 1.00. The Morgan fingerprint density at radius 2 is 1.72 bits per heavy atom. The van der Waals surface area contributed by atoms with E-state index in [1.54, 1.807) is 0 Å². The lowest BCUT2D eigenvalue weighted by Gasteiger charge is -2.14. The average Bonchev–Trinajstić information content (AvgIpc) is 2.65. The first-order valence-corrected chi connectivity index (χ1v) is 8.22. The molecule has 1 aliphatic carbocycles. The first-order valence-electron chi connectivity index (χ1n) is 8.22. The van der Waals surface area contributed by atoms with Crippen LogP contribution in [0, 0.1) is 5.92 Å². The van der Waals surface area contributed by atoms with E-state index in [9.17, 15) is 0 Å². The van der Waals surface area contributed by atoms with Crippen LogP contribution >= 0.6 is 0 Å². The summed E-state index contributed by atoms with van der Waals surface area (Å²) in [6, 6.07) is 0. The van der Waals surface area contributed by atoms with Gasteiger partial charge in [-0.25, -0.2) is 0 Å². The van der Waals surface area contributed by atoms with E-state index in [1.165, 1.54) is 64.2 Å². The van der Waals surface area contributed by atoms with Gasteiger partial charge in [-0.3, -0.25) is 0 Å². The normalized spacial score (nSPS) is 17.8. The molecule has 1 saturated carbocycles. The van der Waals surface area contributed by atoms with Crippen molar-refractivity contribution in [2.24, 2.45) is 5.92 Å². The molecule has 0 radical (unpaired) electrons. The van der Waals surface area contributed by atoms with Gasteiger partial charge in [-0.15, -0.1) is 0 Å². The van der Waals surface area contributed by atoms with Gasteiger partial charge in [0.25, 0.3) is 0 Å². The Morgan fingerprint density at radius 1 is 0.944 bits per heavy atom. The second kappa shape index (κ2) is 12.0. The average molecular weight is 255 g/mol. The fourth-order valence-electron chi connectivity index (χ4n) is 2.73. The van der Waals surface area contributed by atoms with E-state index < -0.39 is 0 Å². The van der Waals surface area contributed by atoms with Crippen molar-refractivity contribution in [1.82, 2.24) is 5.32 Å². The lowest BCUT2D eigenvalue weighted by atomic mass is 10.0. The third kappa shape index (κ3) is 8.93. The van der Waals surface area contributed by atoms with Crippen molar-refractivity contribution in [3.05, 3.63) is 0 Å². The minimum atomic E-state index is 0.844. The first kappa shape index (κ1) is 16.0. The van der Waals surface area contributed by atoms with Gasteiger partial charge in [0.1, 0.15) is 0 Å². The third-order valence-electron chi connectivity index (χ3n) is 3.96. The van der Waals surface area contributed by atoms with Gasteiger partial charge in [-0.05, 0) is 31.7 Å². The summed E-state index contributed by atoms with van der Waals surface area (Å²) in [6.45, 7) is 6.34. The Balaban J connectivity index is 1.80. The number of unbranched alkanes of at least 4 members (excludes halogenated alkanes) is 3. The molecule has 108 valence electrons. The summed E-state index contributed by atoms with van der Waals surface area (Å²) in [4.78, 5) is 0. The molecule has 2 heteroatoms. The first-order chi connectivity index (χ1) is 8.93. The smallest absolute Gasteiger partial charge is 0.0591 e. The van der Waals surface area contributed by atoms with Gasteiger partial charge in [0.05, 0.1) is 6.61 Å². The fourth-order valence-corrected chi connectivity index (χ4v) is 2.73. The van der Waals surface area contributed by atoms with E-state index in [-0.39, 0.29) is 0 Å². The molecule has 1 rings (SSSR count). The molecule has 0 aromatic heterocycles. The monoisotopic (exact) mass is 255 g/mol. The predicted octanol–water partition coefficient (Wildman–Crippen LogP) is 4.14. The van der Waals surface area contributed by atoms with Gasteiger partial charge in [0, 0.05) is 13.2 Å². The number of rotatable bonds is 10. The molecule has 2 nitrogen and oxygen atoms in total. The molecule has 0 bridgehead atoms. The maximum Gasteiger partial charge on any atom is 0.0591 e. The minimum Gasteiger partial charge on any atom is -0.380 e. The molecule has 0 aromatic rings. The zero-order valence-corrected chi connectivity index (χ0v) is 12.4. The topological polar surface area (TPSA) is 21.3 Å². The van der Waals surface area contributed by atoms with E-state index in [0.717, 1.165) is 32.2 Å². The highest BCUT2D eigenvalue weighted by Crippen LogP contribution is 2.22. The van der Waals surface area contributed by atoms with Crippen molar-refractivity contribution in [2.45, 2.75) is 71.1 Å². The van der Waals surface area contributed by atoms with E-state index in [0.29, 0.717) is 0 Å². The molecule has 0 unspecified atom stereocenters. The Labute approximate surface area is 114 Å². The molecule has 0 aliphatic heterocycles. The molecule has 0 amide bonds. The summed E-state index contributed by atoms with van der Waals surface area (Å²) >= 11 is 0. The van der Waals surface area contributed by atoms with E-state index in [4.69, 9.17) is 4.74 Å². The van der Waals surface area contributed by atoms with Gasteiger partial charge < -0.3 is 10.1 Å². The Kier molecular flexibility index (Phi) is 10.6. The van der Waals surface area contributed by atoms with Crippen molar-refractivity contribution in [3.8, 4) is 0 Å². The van der Waals surface area contributed by atoms with Gasteiger partial charge in [-0.1, -0.05) is 51.9 Å². The van der Waals surface area contributed by atoms with Crippen LogP contribution in [0.3, 0.4) is 0 Å².